The Bertz CT molecular complexity index is 251. The molecule has 2 unspecified atom stereocenters. The van der Waals surface area contributed by atoms with Crippen LogP contribution in [0.4, 0.5) is 0 Å². The number of methoxy groups -OCH3 is 2. The maximum absolute atomic E-state index is 9.10. The van der Waals surface area contributed by atoms with Gasteiger partial charge in [-0.3, -0.25) is 0 Å². The average Bonchev–Trinajstić information content (AvgIpc) is 2.30. The summed E-state index contributed by atoms with van der Waals surface area (Å²) >= 11 is 0. The van der Waals surface area contributed by atoms with Crippen LogP contribution in [0.1, 0.15) is 12.8 Å². The first kappa shape index (κ1) is 18.8. The molecular formula is C12H24N2O6. The van der Waals surface area contributed by atoms with Gasteiger partial charge < -0.3 is 30.3 Å². The van der Waals surface area contributed by atoms with Crippen LogP contribution in [0.25, 0.3) is 0 Å². The van der Waals surface area contributed by atoms with Gasteiger partial charge in [-0.25, -0.2) is 9.59 Å². The van der Waals surface area contributed by atoms with Crippen molar-refractivity contribution in [2.45, 2.75) is 24.9 Å². The third-order valence-corrected chi connectivity index (χ3v) is 2.77. The van der Waals surface area contributed by atoms with Gasteiger partial charge in [0.25, 0.3) is 0 Å². The molecule has 0 radical (unpaired) electrons. The van der Waals surface area contributed by atoms with Gasteiger partial charge in [0.1, 0.15) is 0 Å². The van der Waals surface area contributed by atoms with Crippen molar-refractivity contribution in [2.24, 2.45) is 0 Å². The molecule has 0 saturated carbocycles. The first-order valence-corrected chi connectivity index (χ1v) is 6.42. The van der Waals surface area contributed by atoms with Crippen LogP contribution in [0.5, 0.6) is 0 Å². The van der Waals surface area contributed by atoms with E-state index in [0.29, 0.717) is 12.1 Å². The molecule has 2 rings (SSSR count). The minimum atomic E-state index is -1.82. The first-order valence-electron chi connectivity index (χ1n) is 6.42. The summed E-state index contributed by atoms with van der Waals surface area (Å²) in [7, 11) is 3.47. The molecule has 0 bridgehead atoms. The van der Waals surface area contributed by atoms with Crippen molar-refractivity contribution in [2.75, 3.05) is 40.5 Å². The Morgan fingerprint density at radius 1 is 0.950 bits per heavy atom. The fourth-order valence-corrected chi connectivity index (χ4v) is 1.38. The third kappa shape index (κ3) is 9.68. The number of aliphatic carboxylic acids is 2. The van der Waals surface area contributed by atoms with E-state index >= 15 is 0 Å². The summed E-state index contributed by atoms with van der Waals surface area (Å²) in [6.07, 6.45) is 2.57. The number of carboxylic acid groups (broad SMARTS) is 2. The minimum absolute atomic E-state index is 0.657. The molecule has 20 heavy (non-hydrogen) atoms. The number of ether oxygens (including phenoxy) is 2. The van der Waals surface area contributed by atoms with Crippen LogP contribution in [0, 0.1) is 0 Å². The van der Waals surface area contributed by atoms with Crippen molar-refractivity contribution in [3.8, 4) is 0 Å². The van der Waals surface area contributed by atoms with E-state index in [1.807, 2.05) is 0 Å². The number of nitrogens with one attached hydrogen (secondary N) is 2. The molecule has 2 saturated heterocycles. The molecular weight excluding hydrogens is 268 g/mol. The summed E-state index contributed by atoms with van der Waals surface area (Å²) < 4.78 is 9.77. The predicted molar refractivity (Wildman–Crippen MR) is 71.8 cm³/mol. The summed E-state index contributed by atoms with van der Waals surface area (Å²) in [6.45, 7) is 4.10. The van der Waals surface area contributed by atoms with Crippen molar-refractivity contribution in [1.82, 2.24) is 10.6 Å². The highest BCUT2D eigenvalue weighted by Crippen LogP contribution is 2.00. The van der Waals surface area contributed by atoms with E-state index in [9.17, 15) is 0 Å². The Morgan fingerprint density at radius 2 is 1.25 bits per heavy atom. The second-order valence-electron chi connectivity index (χ2n) is 4.40. The predicted octanol–water partition coefficient (Wildman–Crippen LogP) is -0.855. The van der Waals surface area contributed by atoms with Gasteiger partial charge in [-0.2, -0.15) is 0 Å². The maximum Gasteiger partial charge on any atom is 0.414 e. The van der Waals surface area contributed by atoms with Gasteiger partial charge in [0.15, 0.2) is 0 Å². The van der Waals surface area contributed by atoms with Crippen molar-refractivity contribution in [1.29, 1.82) is 0 Å². The van der Waals surface area contributed by atoms with E-state index in [4.69, 9.17) is 29.3 Å². The first-order chi connectivity index (χ1) is 9.51. The fraction of sp³-hybridized carbons (Fsp3) is 0.833. The van der Waals surface area contributed by atoms with Gasteiger partial charge in [0.2, 0.25) is 0 Å². The highest BCUT2D eigenvalue weighted by Gasteiger charge is 2.14. The molecule has 0 aromatic heterocycles. The van der Waals surface area contributed by atoms with Crippen LogP contribution in [-0.2, 0) is 19.1 Å². The van der Waals surface area contributed by atoms with Gasteiger partial charge in [0, 0.05) is 26.3 Å². The molecule has 2 heterocycles. The number of carbonyl (C=O) groups is 2. The smallest absolute Gasteiger partial charge is 0.414 e. The molecule has 0 spiro atoms. The van der Waals surface area contributed by atoms with Crippen LogP contribution in [0.3, 0.4) is 0 Å². The molecule has 2 aliphatic rings. The topological polar surface area (TPSA) is 117 Å². The number of hydrogen-bond acceptors (Lipinski definition) is 6. The van der Waals surface area contributed by atoms with E-state index in [-0.39, 0.29) is 0 Å². The van der Waals surface area contributed by atoms with Crippen molar-refractivity contribution < 1.29 is 29.3 Å². The van der Waals surface area contributed by atoms with Crippen LogP contribution < -0.4 is 10.6 Å². The largest absolute Gasteiger partial charge is 0.473 e. The fourth-order valence-electron chi connectivity index (χ4n) is 1.38. The van der Waals surface area contributed by atoms with Crippen molar-refractivity contribution in [3.05, 3.63) is 0 Å². The van der Waals surface area contributed by atoms with Crippen LogP contribution in [0.15, 0.2) is 0 Å². The van der Waals surface area contributed by atoms with Gasteiger partial charge in [0.05, 0.1) is 13.2 Å². The molecule has 0 aliphatic carbocycles. The molecule has 0 aromatic carbocycles. The van der Waals surface area contributed by atoms with Crippen LogP contribution in [-0.4, -0.2) is 74.8 Å². The lowest BCUT2D eigenvalue weighted by Crippen LogP contribution is -2.45. The van der Waals surface area contributed by atoms with Gasteiger partial charge in [-0.15, -0.1) is 0 Å². The zero-order valence-corrected chi connectivity index (χ0v) is 11.9. The molecule has 4 N–H and O–H groups in total. The normalized spacial score (nSPS) is 22.9. The Morgan fingerprint density at radius 3 is 1.30 bits per heavy atom. The van der Waals surface area contributed by atoms with E-state index < -0.39 is 11.9 Å². The molecule has 8 nitrogen and oxygen atoms in total. The Balaban J connectivity index is 0.000000272. The monoisotopic (exact) mass is 292 g/mol. The minimum Gasteiger partial charge on any atom is -0.473 e. The standard InChI is InChI=1S/2C5H11NO.C2H2O4/c2*1-7-4-5-2-3-6-5;3-1(4)2(5)6/h2*5-6H,2-4H2,1H3;(H,3,4)(H,5,6). The zero-order valence-electron chi connectivity index (χ0n) is 11.9. The highest BCUT2D eigenvalue weighted by molar-refractivity contribution is 6.27. The molecule has 2 fully saturated rings. The summed E-state index contributed by atoms with van der Waals surface area (Å²) in [5.41, 5.74) is 0. The lowest BCUT2D eigenvalue weighted by Gasteiger charge is -2.26. The molecule has 8 heteroatoms. The second-order valence-corrected chi connectivity index (χ2v) is 4.40. The van der Waals surface area contributed by atoms with E-state index in [2.05, 4.69) is 10.6 Å². The second kappa shape index (κ2) is 11.6. The molecule has 0 amide bonds. The number of rotatable bonds is 4. The summed E-state index contributed by atoms with van der Waals surface area (Å²) in [4.78, 5) is 18.2. The quantitative estimate of drug-likeness (QED) is 0.495. The SMILES string of the molecule is COCC1CCN1.COCC1CCN1.O=C(O)C(=O)O. The third-order valence-electron chi connectivity index (χ3n) is 2.77. The lowest BCUT2D eigenvalue weighted by molar-refractivity contribution is -0.159. The summed E-state index contributed by atoms with van der Waals surface area (Å²) in [6, 6.07) is 1.31. The zero-order chi connectivity index (χ0) is 15.4. The maximum atomic E-state index is 9.10. The molecule has 2 aliphatic heterocycles. The highest BCUT2D eigenvalue weighted by atomic mass is 16.5. The number of hydrogen-bond donors (Lipinski definition) is 4. The average molecular weight is 292 g/mol. The Hall–Kier alpha value is -1.22. The van der Waals surface area contributed by atoms with Crippen molar-refractivity contribution >= 4 is 11.9 Å². The van der Waals surface area contributed by atoms with Gasteiger partial charge in [-0.1, -0.05) is 0 Å². The molecule has 118 valence electrons. The Labute approximate surface area is 118 Å². The van der Waals surface area contributed by atoms with Gasteiger partial charge in [-0.05, 0) is 25.9 Å². The Kier molecular flexibility index (Phi) is 10.9. The van der Waals surface area contributed by atoms with Crippen LogP contribution >= 0.6 is 0 Å². The van der Waals surface area contributed by atoms with Crippen molar-refractivity contribution in [3.63, 3.8) is 0 Å². The molecule has 2 atom stereocenters. The van der Waals surface area contributed by atoms with Crippen LogP contribution in [0.2, 0.25) is 0 Å². The van der Waals surface area contributed by atoms with E-state index in [1.54, 1.807) is 14.2 Å². The summed E-state index contributed by atoms with van der Waals surface area (Å²) in [5, 5.41) is 21.2. The van der Waals surface area contributed by atoms with E-state index in [0.717, 1.165) is 13.2 Å². The number of carboxylic acids is 2. The van der Waals surface area contributed by atoms with E-state index in [1.165, 1.54) is 25.9 Å². The molecule has 0 aromatic rings. The summed E-state index contributed by atoms with van der Waals surface area (Å²) in [5.74, 6) is -3.65. The van der Waals surface area contributed by atoms with Gasteiger partial charge >= 0.3 is 11.9 Å². The lowest BCUT2D eigenvalue weighted by atomic mass is 10.1.